The van der Waals surface area contributed by atoms with Crippen LogP contribution in [0.2, 0.25) is 0 Å². The summed E-state index contributed by atoms with van der Waals surface area (Å²) in [5.74, 6) is 0. The Labute approximate surface area is 183 Å². The maximum absolute atomic E-state index is 12.1. The number of aliphatic hydroxyl groups is 1. The van der Waals surface area contributed by atoms with E-state index in [-0.39, 0.29) is 18.7 Å². The molecule has 1 aliphatic rings. The predicted octanol–water partition coefficient (Wildman–Crippen LogP) is -1.36. The summed E-state index contributed by atoms with van der Waals surface area (Å²) in [5.41, 5.74) is 3.27. The van der Waals surface area contributed by atoms with E-state index in [4.69, 9.17) is 25.0 Å². The molecule has 1 aromatic rings. The fourth-order valence-electron chi connectivity index (χ4n) is 2.59. The Bertz CT molecular complexity index is 1130. The molecule has 1 saturated heterocycles. The smallest absolute Gasteiger partial charge is 0.393 e. The first kappa shape index (κ1) is 27.8. The Balaban J connectivity index is 2.24. The van der Waals surface area contributed by atoms with Gasteiger partial charge in [0.1, 0.15) is 18.0 Å². The van der Waals surface area contributed by atoms with Crippen LogP contribution >= 0.6 is 23.5 Å². The summed E-state index contributed by atoms with van der Waals surface area (Å²) in [6.07, 6.45) is -4.68. The van der Waals surface area contributed by atoms with Crippen molar-refractivity contribution in [1.82, 2.24) is 9.55 Å². The molecule has 1 aromatic heterocycles. The number of aromatic amines is 1. The number of aromatic nitrogens is 2. The van der Waals surface area contributed by atoms with E-state index in [1.165, 1.54) is 0 Å². The molecule has 2 rings (SSSR count). The fraction of sp³-hybridized carbons (Fsp3) is 0.500. The van der Waals surface area contributed by atoms with E-state index in [0.29, 0.717) is 0 Å². The number of nitrogens with zero attached hydrogens (tertiary/aromatic N) is 1. The Morgan fingerprint density at radius 1 is 1.24 bits per heavy atom. The highest BCUT2D eigenvalue weighted by Crippen LogP contribution is 2.66. The van der Waals surface area contributed by atoms with Crippen molar-refractivity contribution < 1.29 is 61.0 Å². The zero-order valence-electron chi connectivity index (χ0n) is 16.3. The highest BCUT2D eigenvalue weighted by atomic mass is 31.3. The van der Waals surface area contributed by atoms with Gasteiger partial charge < -0.3 is 39.9 Å². The van der Waals surface area contributed by atoms with Gasteiger partial charge in [-0.25, -0.2) is 18.5 Å². The SMILES string of the molecule is C=CCOC(OP(=O)(O)OP(=O)(O)OP(=O)(O)O)[C@H]1O[C@@H](n2cc(N)c(=O)[nH]c2=O)C[C@@H]1O. The number of hydrogen-bond acceptors (Lipinski definition) is 12. The average Bonchev–Trinajstić information content (AvgIpc) is 2.99. The van der Waals surface area contributed by atoms with Gasteiger partial charge >= 0.3 is 29.2 Å². The summed E-state index contributed by atoms with van der Waals surface area (Å²) in [4.78, 5) is 61.5. The topological polar surface area (TPSA) is 279 Å². The molecule has 33 heavy (non-hydrogen) atoms. The van der Waals surface area contributed by atoms with Gasteiger partial charge in [0, 0.05) is 12.6 Å². The van der Waals surface area contributed by atoms with Crippen LogP contribution in [0.25, 0.3) is 0 Å². The lowest BCUT2D eigenvalue weighted by Gasteiger charge is -2.27. The van der Waals surface area contributed by atoms with Crippen LogP contribution in [0, 0.1) is 0 Å². The van der Waals surface area contributed by atoms with E-state index in [0.717, 1.165) is 16.8 Å². The number of ether oxygens (including phenoxy) is 2. The van der Waals surface area contributed by atoms with Crippen LogP contribution in [0.5, 0.6) is 0 Å². The van der Waals surface area contributed by atoms with E-state index < -0.39 is 59.4 Å². The number of anilines is 1. The van der Waals surface area contributed by atoms with Gasteiger partial charge in [-0.2, -0.15) is 8.62 Å². The number of aliphatic hydroxyl groups excluding tert-OH is 1. The van der Waals surface area contributed by atoms with Crippen molar-refractivity contribution in [3.8, 4) is 0 Å². The molecule has 6 atom stereocenters. The van der Waals surface area contributed by atoms with Crippen LogP contribution in [0.1, 0.15) is 12.6 Å². The molecule has 0 aromatic carbocycles. The summed E-state index contributed by atoms with van der Waals surface area (Å²) >= 11 is 0. The Morgan fingerprint density at radius 3 is 2.45 bits per heavy atom. The van der Waals surface area contributed by atoms with Crippen molar-refractivity contribution in [2.24, 2.45) is 0 Å². The van der Waals surface area contributed by atoms with E-state index in [9.17, 15) is 38.2 Å². The third-order valence-electron chi connectivity index (χ3n) is 3.74. The lowest BCUT2D eigenvalue weighted by Crippen LogP contribution is -2.38. The minimum atomic E-state index is -5.81. The minimum absolute atomic E-state index is 0.330. The Kier molecular flexibility index (Phi) is 8.76. The number of phosphoric acid groups is 3. The van der Waals surface area contributed by atoms with Gasteiger partial charge in [0.2, 0.25) is 0 Å². The molecule has 1 aliphatic heterocycles. The summed E-state index contributed by atoms with van der Waals surface area (Å²) in [6, 6.07) is 0. The second kappa shape index (κ2) is 10.4. The van der Waals surface area contributed by atoms with Crippen LogP contribution in [0.15, 0.2) is 28.4 Å². The second-order valence-corrected chi connectivity index (χ2v) is 10.7. The standard InChI is InChI=1S/C12H20N3O15P3/c1-2-3-26-11(28-32(22,23)30-33(24,25)29-31(19,20)21)9-7(16)4-8(27-9)15-5-6(13)10(17)14-12(15)18/h2,5,7-9,11,16H,1,3-4,13H2,(H,22,23)(H,24,25)(H,14,17,18)(H2,19,20,21)/t7-,8+,9-,11?/m0/s1. The van der Waals surface area contributed by atoms with Gasteiger partial charge in [0.15, 0.2) is 6.29 Å². The molecule has 0 saturated carbocycles. The van der Waals surface area contributed by atoms with Gasteiger partial charge in [-0.05, 0) is 0 Å². The zero-order valence-corrected chi connectivity index (χ0v) is 19.0. The first-order valence-corrected chi connectivity index (χ1v) is 13.0. The molecular formula is C12H20N3O15P3. The van der Waals surface area contributed by atoms with Crippen LogP contribution in [-0.4, -0.2) is 59.3 Å². The highest BCUT2D eigenvalue weighted by Gasteiger charge is 2.47. The van der Waals surface area contributed by atoms with E-state index in [1.54, 1.807) is 0 Å². The number of nitrogens with two attached hydrogens (primary N) is 1. The maximum Gasteiger partial charge on any atom is 0.490 e. The summed E-state index contributed by atoms with van der Waals surface area (Å²) < 4.78 is 57.5. The molecule has 18 nitrogen and oxygen atoms in total. The first-order valence-electron chi connectivity index (χ1n) is 8.53. The molecule has 8 N–H and O–H groups in total. The van der Waals surface area contributed by atoms with Gasteiger partial charge in [-0.1, -0.05) is 6.08 Å². The van der Waals surface area contributed by atoms with Crippen molar-refractivity contribution in [3.63, 3.8) is 0 Å². The molecule has 2 heterocycles. The number of phosphoric ester groups is 1. The Hall–Kier alpha value is -1.49. The first-order chi connectivity index (χ1) is 15.0. The summed E-state index contributed by atoms with van der Waals surface area (Å²) in [6.45, 7) is 2.96. The predicted molar refractivity (Wildman–Crippen MR) is 105 cm³/mol. The van der Waals surface area contributed by atoms with Gasteiger partial charge in [-0.3, -0.25) is 18.9 Å². The summed E-state index contributed by atoms with van der Waals surface area (Å²) in [5, 5.41) is 10.3. The number of H-pyrrole nitrogens is 1. The van der Waals surface area contributed by atoms with Crippen LogP contribution < -0.4 is 17.0 Å². The fourth-order valence-corrected chi connectivity index (χ4v) is 5.69. The number of rotatable bonds is 11. The van der Waals surface area contributed by atoms with E-state index in [1.807, 2.05) is 4.98 Å². The number of nitrogens with one attached hydrogen (secondary N) is 1. The molecule has 0 radical (unpaired) electrons. The molecule has 188 valence electrons. The van der Waals surface area contributed by atoms with Crippen molar-refractivity contribution in [1.29, 1.82) is 0 Å². The van der Waals surface area contributed by atoms with Gasteiger partial charge in [0.05, 0.1) is 12.7 Å². The molecule has 0 spiro atoms. The molecule has 3 unspecified atom stereocenters. The minimum Gasteiger partial charge on any atom is -0.393 e. The van der Waals surface area contributed by atoms with Crippen LogP contribution in [0.3, 0.4) is 0 Å². The van der Waals surface area contributed by atoms with Crippen molar-refractivity contribution in [2.75, 3.05) is 12.3 Å². The summed E-state index contributed by atoms with van der Waals surface area (Å²) in [7, 11) is -17.1. The molecular weight excluding hydrogens is 519 g/mol. The second-order valence-electron chi connectivity index (χ2n) is 6.30. The van der Waals surface area contributed by atoms with Crippen molar-refractivity contribution in [3.05, 3.63) is 39.7 Å². The number of hydrogen-bond donors (Lipinski definition) is 7. The normalized spacial score (nSPS) is 25.8. The largest absolute Gasteiger partial charge is 0.490 e. The quantitative estimate of drug-likeness (QED) is 0.0971. The third kappa shape index (κ3) is 8.05. The van der Waals surface area contributed by atoms with E-state index >= 15 is 0 Å². The molecule has 1 fully saturated rings. The third-order valence-corrected chi connectivity index (χ3v) is 7.54. The highest BCUT2D eigenvalue weighted by molar-refractivity contribution is 7.66. The van der Waals surface area contributed by atoms with Gasteiger partial charge in [0.25, 0.3) is 5.56 Å². The monoisotopic (exact) mass is 539 g/mol. The van der Waals surface area contributed by atoms with Crippen LogP contribution in [-0.2, 0) is 36.3 Å². The Morgan fingerprint density at radius 2 is 1.88 bits per heavy atom. The molecule has 21 heteroatoms. The number of nitrogen functional groups attached to an aromatic ring is 1. The van der Waals surface area contributed by atoms with Crippen molar-refractivity contribution >= 4 is 29.2 Å². The maximum atomic E-state index is 12.1. The molecule has 0 amide bonds. The lowest BCUT2D eigenvalue weighted by molar-refractivity contribution is -0.183. The van der Waals surface area contributed by atoms with Crippen molar-refractivity contribution in [2.45, 2.75) is 31.1 Å². The van der Waals surface area contributed by atoms with Gasteiger partial charge in [-0.15, -0.1) is 6.58 Å². The molecule has 0 bridgehead atoms. The molecule has 0 aliphatic carbocycles. The van der Waals surface area contributed by atoms with E-state index in [2.05, 4.69) is 19.7 Å². The van der Waals surface area contributed by atoms with Crippen LogP contribution in [0.4, 0.5) is 5.69 Å². The zero-order chi connectivity index (χ0) is 25.2. The lowest BCUT2D eigenvalue weighted by atomic mass is 10.1. The average molecular weight is 539 g/mol.